The van der Waals surface area contributed by atoms with Gasteiger partial charge in [0, 0.05) is 23.1 Å². The Morgan fingerprint density at radius 3 is 2.72 bits per heavy atom. The number of halogens is 2. The maximum Gasteiger partial charge on any atom is 0.225 e. The largest absolute Gasteiger partial charge is 0.330 e. The molecule has 0 bridgehead atoms. The van der Waals surface area contributed by atoms with Gasteiger partial charge in [0.2, 0.25) is 5.91 Å². The molecule has 0 saturated heterocycles. The number of thioether (sulfide) groups is 1. The highest BCUT2D eigenvalue weighted by Crippen LogP contribution is 2.36. The molecule has 6 heteroatoms. The van der Waals surface area contributed by atoms with E-state index in [2.05, 4.69) is 19.2 Å². The lowest BCUT2D eigenvalue weighted by atomic mass is 10.3. The summed E-state index contributed by atoms with van der Waals surface area (Å²) >= 11 is 7.77. The third-order valence-electron chi connectivity index (χ3n) is 1.97. The predicted molar refractivity (Wildman–Crippen MR) is 82.0 cm³/mol. The van der Waals surface area contributed by atoms with E-state index in [1.165, 1.54) is 0 Å². The van der Waals surface area contributed by atoms with Crippen LogP contribution in [0, 0.1) is 0 Å². The van der Waals surface area contributed by atoms with Crippen molar-refractivity contribution in [1.29, 1.82) is 0 Å². The van der Waals surface area contributed by atoms with Gasteiger partial charge in [-0.05, 0) is 12.1 Å². The van der Waals surface area contributed by atoms with Crippen LogP contribution >= 0.6 is 35.8 Å². The van der Waals surface area contributed by atoms with Gasteiger partial charge in [-0.15, -0.1) is 24.2 Å². The molecule has 102 valence electrons. The average Bonchev–Trinajstić information content (AvgIpc) is 2.23. The van der Waals surface area contributed by atoms with Gasteiger partial charge in [0.1, 0.15) is 0 Å². The summed E-state index contributed by atoms with van der Waals surface area (Å²) in [5.74, 6) is -0.0830. The summed E-state index contributed by atoms with van der Waals surface area (Å²) in [4.78, 5) is 12.4. The molecule has 0 spiro atoms. The Morgan fingerprint density at radius 1 is 1.50 bits per heavy atom. The van der Waals surface area contributed by atoms with Crippen molar-refractivity contribution in [3.05, 3.63) is 23.2 Å². The van der Waals surface area contributed by atoms with Crippen molar-refractivity contribution < 1.29 is 4.79 Å². The number of carbonyl (C=O) groups excluding carboxylic acids is 1. The van der Waals surface area contributed by atoms with Gasteiger partial charge in [-0.25, -0.2) is 0 Å². The van der Waals surface area contributed by atoms with Crippen molar-refractivity contribution in [3.63, 3.8) is 0 Å². The van der Waals surface area contributed by atoms with E-state index in [0.717, 1.165) is 10.6 Å². The molecule has 0 aliphatic rings. The van der Waals surface area contributed by atoms with Gasteiger partial charge in [-0.3, -0.25) is 4.79 Å². The second kappa shape index (κ2) is 8.64. The summed E-state index contributed by atoms with van der Waals surface area (Å²) in [6, 6.07) is 5.50. The molecule has 0 aromatic heterocycles. The first-order valence-electron chi connectivity index (χ1n) is 5.49. The lowest BCUT2D eigenvalue weighted by molar-refractivity contribution is -0.116. The van der Waals surface area contributed by atoms with E-state index in [1.807, 2.05) is 18.2 Å². The Bertz CT molecular complexity index is 400. The molecule has 0 radical (unpaired) electrons. The maximum atomic E-state index is 11.5. The smallest absolute Gasteiger partial charge is 0.225 e. The fourth-order valence-electron chi connectivity index (χ4n) is 1.31. The Morgan fingerprint density at radius 2 is 2.17 bits per heavy atom. The van der Waals surface area contributed by atoms with Crippen LogP contribution in [-0.4, -0.2) is 17.7 Å². The van der Waals surface area contributed by atoms with E-state index in [-0.39, 0.29) is 18.3 Å². The SMILES string of the molecule is CC(C)Sc1c(Cl)cccc1NC(=O)CCN.Cl. The van der Waals surface area contributed by atoms with Gasteiger partial charge in [0.05, 0.1) is 10.7 Å². The molecule has 3 N–H and O–H groups in total. The third-order valence-corrected chi connectivity index (χ3v) is 3.54. The minimum absolute atomic E-state index is 0. The number of anilines is 1. The Kier molecular flexibility index (Phi) is 8.44. The Labute approximate surface area is 123 Å². The molecule has 18 heavy (non-hydrogen) atoms. The van der Waals surface area contributed by atoms with Crippen molar-refractivity contribution in [1.82, 2.24) is 0 Å². The topological polar surface area (TPSA) is 55.1 Å². The quantitative estimate of drug-likeness (QED) is 0.818. The fraction of sp³-hybridized carbons (Fsp3) is 0.417. The number of benzene rings is 1. The summed E-state index contributed by atoms with van der Waals surface area (Å²) in [7, 11) is 0. The molecule has 3 nitrogen and oxygen atoms in total. The van der Waals surface area contributed by atoms with Crippen LogP contribution in [0.5, 0.6) is 0 Å². The van der Waals surface area contributed by atoms with Gasteiger partial charge < -0.3 is 11.1 Å². The summed E-state index contributed by atoms with van der Waals surface area (Å²) in [5, 5.41) is 3.90. The molecule has 0 fully saturated rings. The molecule has 0 aliphatic carbocycles. The number of amides is 1. The number of hydrogen-bond acceptors (Lipinski definition) is 3. The molecule has 1 amide bonds. The normalized spacial score (nSPS) is 10.1. The van der Waals surface area contributed by atoms with Gasteiger partial charge >= 0.3 is 0 Å². The average molecular weight is 309 g/mol. The molecular formula is C12H18Cl2N2OS. The van der Waals surface area contributed by atoms with Gasteiger partial charge in [0.25, 0.3) is 0 Å². The van der Waals surface area contributed by atoms with E-state index < -0.39 is 0 Å². The first-order valence-corrected chi connectivity index (χ1v) is 6.75. The van der Waals surface area contributed by atoms with Crippen molar-refractivity contribution in [2.45, 2.75) is 30.4 Å². The highest BCUT2D eigenvalue weighted by Gasteiger charge is 2.11. The van der Waals surface area contributed by atoms with Crippen LogP contribution in [0.3, 0.4) is 0 Å². The number of carbonyl (C=O) groups is 1. The standard InChI is InChI=1S/C12H17ClN2OS.ClH/c1-8(2)17-12-9(13)4-3-5-10(12)15-11(16)6-7-14;/h3-5,8H,6-7,14H2,1-2H3,(H,15,16);1H. The highest BCUT2D eigenvalue weighted by molar-refractivity contribution is 8.00. The highest BCUT2D eigenvalue weighted by atomic mass is 35.5. The van der Waals surface area contributed by atoms with Gasteiger partial charge in [-0.1, -0.05) is 31.5 Å². The van der Waals surface area contributed by atoms with Crippen molar-refractivity contribution in [2.75, 3.05) is 11.9 Å². The molecule has 0 aliphatic heterocycles. The number of nitrogens with one attached hydrogen (secondary N) is 1. The van der Waals surface area contributed by atoms with E-state index in [9.17, 15) is 4.79 Å². The summed E-state index contributed by atoms with van der Waals surface area (Å²) in [6.07, 6.45) is 0.318. The minimum Gasteiger partial charge on any atom is -0.330 e. The molecular weight excluding hydrogens is 291 g/mol. The maximum absolute atomic E-state index is 11.5. The van der Waals surface area contributed by atoms with Crippen LogP contribution < -0.4 is 11.1 Å². The molecule has 0 atom stereocenters. The summed E-state index contributed by atoms with van der Waals surface area (Å²) in [5.41, 5.74) is 6.10. The Balaban J connectivity index is 0.00000289. The monoisotopic (exact) mass is 308 g/mol. The zero-order valence-corrected chi connectivity index (χ0v) is 12.8. The molecule has 1 rings (SSSR count). The summed E-state index contributed by atoms with van der Waals surface area (Å²) < 4.78 is 0. The van der Waals surface area contributed by atoms with E-state index in [4.69, 9.17) is 17.3 Å². The van der Waals surface area contributed by atoms with E-state index >= 15 is 0 Å². The second-order valence-electron chi connectivity index (χ2n) is 3.87. The van der Waals surface area contributed by atoms with Crippen LogP contribution in [0.15, 0.2) is 23.1 Å². The van der Waals surface area contributed by atoms with Crippen molar-refractivity contribution in [3.8, 4) is 0 Å². The third kappa shape index (κ3) is 5.48. The lowest BCUT2D eigenvalue weighted by Gasteiger charge is -2.13. The zero-order valence-electron chi connectivity index (χ0n) is 10.4. The molecule has 0 heterocycles. The number of hydrogen-bond donors (Lipinski definition) is 2. The van der Waals surface area contributed by atoms with Crippen molar-refractivity contribution in [2.24, 2.45) is 5.73 Å². The van der Waals surface area contributed by atoms with Crippen LogP contribution in [0.25, 0.3) is 0 Å². The van der Waals surface area contributed by atoms with Crippen LogP contribution in [0.2, 0.25) is 5.02 Å². The number of nitrogens with two attached hydrogens (primary N) is 1. The van der Waals surface area contributed by atoms with Gasteiger partial charge in [-0.2, -0.15) is 0 Å². The summed E-state index contributed by atoms with van der Waals surface area (Å²) in [6.45, 7) is 4.51. The first-order chi connectivity index (χ1) is 8.04. The van der Waals surface area contributed by atoms with Gasteiger partial charge in [0.15, 0.2) is 0 Å². The van der Waals surface area contributed by atoms with Crippen LogP contribution in [0.4, 0.5) is 5.69 Å². The zero-order chi connectivity index (χ0) is 12.8. The first kappa shape index (κ1) is 17.6. The molecule has 0 unspecified atom stereocenters. The molecule has 0 saturated carbocycles. The predicted octanol–water partition coefficient (Wildman–Crippen LogP) is 3.55. The van der Waals surface area contributed by atoms with Crippen molar-refractivity contribution >= 4 is 47.4 Å². The fourth-order valence-corrected chi connectivity index (χ4v) is 2.51. The minimum atomic E-state index is -0.0830. The van der Waals surface area contributed by atoms with Crippen LogP contribution in [-0.2, 0) is 4.79 Å². The second-order valence-corrected chi connectivity index (χ2v) is 5.86. The van der Waals surface area contributed by atoms with E-state index in [1.54, 1.807) is 11.8 Å². The molecule has 1 aromatic carbocycles. The number of rotatable bonds is 5. The van der Waals surface area contributed by atoms with Crippen LogP contribution in [0.1, 0.15) is 20.3 Å². The van der Waals surface area contributed by atoms with E-state index in [0.29, 0.717) is 23.2 Å². The lowest BCUT2D eigenvalue weighted by Crippen LogP contribution is -2.16. The Hall–Kier alpha value is -0.420. The molecule has 1 aromatic rings.